The van der Waals surface area contributed by atoms with E-state index in [1.807, 2.05) is 6.07 Å². The number of benzene rings is 1. The SMILES string of the molecule is Cc1cccc(CSc2ccc(S(=O)(=O)N(C)C3CCCCC3)cn2)c1. The molecule has 0 atom stereocenters. The van der Waals surface area contributed by atoms with Crippen LogP contribution in [0.3, 0.4) is 0 Å². The Morgan fingerprint density at radius 3 is 2.58 bits per heavy atom. The van der Waals surface area contributed by atoms with Crippen LogP contribution >= 0.6 is 11.8 Å². The number of pyridine rings is 1. The fourth-order valence-electron chi connectivity index (χ4n) is 3.37. The van der Waals surface area contributed by atoms with Crippen LogP contribution in [0.15, 0.2) is 52.5 Å². The molecule has 1 aromatic heterocycles. The molecule has 26 heavy (non-hydrogen) atoms. The Kier molecular flexibility index (Phi) is 6.37. The maximum Gasteiger partial charge on any atom is 0.244 e. The van der Waals surface area contributed by atoms with Gasteiger partial charge >= 0.3 is 0 Å². The van der Waals surface area contributed by atoms with Crippen LogP contribution in [-0.4, -0.2) is 30.8 Å². The van der Waals surface area contributed by atoms with Crippen LogP contribution in [0.4, 0.5) is 0 Å². The standard InChI is InChI=1S/C20H26N2O2S2/c1-16-7-6-8-17(13-16)15-25-20-12-11-19(14-21-20)26(23,24)22(2)18-9-4-3-5-10-18/h6-8,11-14,18H,3-5,9-10,15H2,1-2H3. The molecule has 4 nitrogen and oxygen atoms in total. The van der Waals surface area contributed by atoms with Gasteiger partial charge in [-0.05, 0) is 37.5 Å². The molecule has 1 aliphatic rings. The first-order valence-electron chi connectivity index (χ1n) is 9.09. The van der Waals surface area contributed by atoms with Crippen molar-refractivity contribution in [1.82, 2.24) is 9.29 Å². The lowest BCUT2D eigenvalue weighted by molar-refractivity contribution is 0.285. The largest absolute Gasteiger partial charge is 0.249 e. The van der Waals surface area contributed by atoms with Crippen LogP contribution in [0.2, 0.25) is 0 Å². The first-order valence-corrected chi connectivity index (χ1v) is 11.5. The zero-order chi connectivity index (χ0) is 18.6. The normalized spacial score (nSPS) is 16.1. The van der Waals surface area contributed by atoms with Crippen LogP contribution in [0, 0.1) is 6.92 Å². The Balaban J connectivity index is 1.66. The lowest BCUT2D eigenvalue weighted by Crippen LogP contribution is -2.38. The predicted octanol–water partition coefficient (Wildman–Crippen LogP) is 4.64. The van der Waals surface area contributed by atoms with E-state index in [0.29, 0.717) is 0 Å². The molecule has 1 aromatic carbocycles. The van der Waals surface area contributed by atoms with Crippen LogP contribution in [0.1, 0.15) is 43.2 Å². The number of thioether (sulfide) groups is 1. The number of rotatable bonds is 6. The van der Waals surface area contributed by atoms with Gasteiger partial charge in [0, 0.05) is 25.0 Å². The van der Waals surface area contributed by atoms with E-state index in [0.717, 1.165) is 36.5 Å². The first-order chi connectivity index (χ1) is 12.5. The van der Waals surface area contributed by atoms with Crippen molar-refractivity contribution in [2.45, 2.75) is 60.7 Å². The van der Waals surface area contributed by atoms with E-state index in [-0.39, 0.29) is 10.9 Å². The smallest absolute Gasteiger partial charge is 0.244 e. The second kappa shape index (κ2) is 8.55. The number of aryl methyl sites for hydroxylation is 1. The summed E-state index contributed by atoms with van der Waals surface area (Å²) in [7, 11) is -1.77. The van der Waals surface area contributed by atoms with E-state index in [2.05, 4.69) is 36.2 Å². The molecule has 1 fully saturated rings. The van der Waals surface area contributed by atoms with Crippen LogP contribution in [0.5, 0.6) is 0 Å². The molecule has 3 rings (SSSR count). The minimum absolute atomic E-state index is 0.115. The van der Waals surface area contributed by atoms with Gasteiger partial charge in [0.2, 0.25) is 10.0 Å². The second-order valence-electron chi connectivity index (χ2n) is 6.92. The Hall–Kier alpha value is -1.37. The highest BCUT2D eigenvalue weighted by atomic mass is 32.2. The molecule has 0 saturated heterocycles. The average Bonchev–Trinajstić information content (AvgIpc) is 2.67. The first kappa shape index (κ1) is 19.4. The number of hydrogen-bond donors (Lipinski definition) is 0. The zero-order valence-electron chi connectivity index (χ0n) is 15.4. The highest BCUT2D eigenvalue weighted by Gasteiger charge is 2.29. The molecule has 0 bridgehead atoms. The molecule has 1 heterocycles. The fourth-order valence-corrected chi connectivity index (χ4v) is 5.52. The molecule has 0 aliphatic heterocycles. The van der Waals surface area contributed by atoms with Crippen molar-refractivity contribution < 1.29 is 8.42 Å². The van der Waals surface area contributed by atoms with Crippen molar-refractivity contribution in [2.75, 3.05) is 7.05 Å². The van der Waals surface area contributed by atoms with Gasteiger partial charge in [-0.1, -0.05) is 49.1 Å². The molecule has 0 unspecified atom stereocenters. The van der Waals surface area contributed by atoms with Gasteiger partial charge in [-0.3, -0.25) is 0 Å². The van der Waals surface area contributed by atoms with E-state index >= 15 is 0 Å². The van der Waals surface area contributed by atoms with Crippen molar-refractivity contribution in [1.29, 1.82) is 0 Å². The predicted molar refractivity (Wildman–Crippen MR) is 107 cm³/mol. The van der Waals surface area contributed by atoms with Crippen LogP contribution in [-0.2, 0) is 15.8 Å². The van der Waals surface area contributed by atoms with Crippen molar-refractivity contribution in [2.24, 2.45) is 0 Å². The summed E-state index contributed by atoms with van der Waals surface area (Å²) in [4.78, 5) is 4.65. The molecule has 0 spiro atoms. The molecule has 1 saturated carbocycles. The molecule has 2 aromatic rings. The summed E-state index contributed by atoms with van der Waals surface area (Å²) in [5.74, 6) is 0.822. The summed E-state index contributed by atoms with van der Waals surface area (Å²) >= 11 is 1.62. The third-order valence-corrected chi connectivity index (χ3v) is 7.85. The number of nitrogens with zero attached hydrogens (tertiary/aromatic N) is 2. The van der Waals surface area contributed by atoms with E-state index in [9.17, 15) is 8.42 Å². The lowest BCUT2D eigenvalue weighted by Gasteiger charge is -2.30. The number of aromatic nitrogens is 1. The van der Waals surface area contributed by atoms with Crippen molar-refractivity contribution >= 4 is 21.8 Å². The van der Waals surface area contributed by atoms with Crippen LogP contribution < -0.4 is 0 Å². The molecule has 0 amide bonds. The van der Waals surface area contributed by atoms with Crippen LogP contribution in [0.25, 0.3) is 0 Å². The monoisotopic (exact) mass is 390 g/mol. The van der Waals surface area contributed by atoms with Crippen molar-refractivity contribution in [3.05, 3.63) is 53.7 Å². The molecular weight excluding hydrogens is 364 g/mol. The molecule has 6 heteroatoms. The van der Waals surface area contributed by atoms with Gasteiger partial charge < -0.3 is 0 Å². The van der Waals surface area contributed by atoms with Crippen molar-refractivity contribution in [3.8, 4) is 0 Å². The minimum atomic E-state index is -3.47. The van der Waals surface area contributed by atoms with Crippen molar-refractivity contribution in [3.63, 3.8) is 0 Å². The summed E-state index contributed by atoms with van der Waals surface area (Å²) in [6, 6.07) is 12.0. The van der Waals surface area contributed by atoms with Gasteiger partial charge in [0.15, 0.2) is 0 Å². The third kappa shape index (κ3) is 4.67. The number of sulfonamides is 1. The molecule has 140 valence electrons. The summed E-state index contributed by atoms with van der Waals surface area (Å²) in [6.45, 7) is 2.08. The summed E-state index contributed by atoms with van der Waals surface area (Å²) in [5.41, 5.74) is 2.48. The van der Waals surface area contributed by atoms with Gasteiger partial charge in [0.1, 0.15) is 4.90 Å². The summed E-state index contributed by atoms with van der Waals surface area (Å²) in [6.07, 6.45) is 6.82. The Labute approximate surface area is 161 Å². The molecule has 0 N–H and O–H groups in total. The fraction of sp³-hybridized carbons (Fsp3) is 0.450. The molecular formula is C20H26N2O2S2. The lowest BCUT2D eigenvalue weighted by atomic mass is 9.96. The van der Waals surface area contributed by atoms with Gasteiger partial charge in [-0.25, -0.2) is 13.4 Å². The van der Waals surface area contributed by atoms with E-state index in [1.54, 1.807) is 29.2 Å². The zero-order valence-corrected chi connectivity index (χ0v) is 17.0. The summed E-state index contributed by atoms with van der Waals surface area (Å²) in [5, 5.41) is 0.839. The maximum absolute atomic E-state index is 12.8. The molecule has 1 aliphatic carbocycles. The second-order valence-corrected chi connectivity index (χ2v) is 9.92. The third-order valence-electron chi connectivity index (χ3n) is 4.94. The highest BCUT2D eigenvalue weighted by Crippen LogP contribution is 2.27. The van der Waals surface area contributed by atoms with Gasteiger partial charge in [-0.15, -0.1) is 11.8 Å². The van der Waals surface area contributed by atoms with Gasteiger partial charge in [0.05, 0.1) is 5.03 Å². The highest BCUT2D eigenvalue weighted by molar-refractivity contribution is 7.98. The molecule has 0 radical (unpaired) electrons. The van der Waals surface area contributed by atoms with E-state index in [1.165, 1.54) is 23.7 Å². The van der Waals surface area contributed by atoms with Gasteiger partial charge in [-0.2, -0.15) is 4.31 Å². The average molecular weight is 391 g/mol. The number of hydrogen-bond acceptors (Lipinski definition) is 4. The Morgan fingerprint density at radius 2 is 1.92 bits per heavy atom. The maximum atomic E-state index is 12.8. The Bertz CT molecular complexity index is 829. The van der Waals surface area contributed by atoms with Gasteiger partial charge in [0.25, 0.3) is 0 Å². The quantitative estimate of drug-likeness (QED) is 0.675. The summed E-state index contributed by atoms with van der Waals surface area (Å²) < 4.78 is 27.2. The topological polar surface area (TPSA) is 50.3 Å². The Morgan fingerprint density at radius 1 is 1.15 bits per heavy atom. The van der Waals surface area contributed by atoms with E-state index in [4.69, 9.17) is 0 Å². The van der Waals surface area contributed by atoms with E-state index < -0.39 is 10.0 Å². The minimum Gasteiger partial charge on any atom is -0.249 e.